The standard InChI is InChI=1S/C35H52O11/c1-16-15-42-34(4)35(16,41)29-28(46-34)24(30(40)45-29)22-8-7-20-19-6-5-17-13-18(9-11-32(17,2)21(19)10-12-33(20,22)3)43-31-27(39)26(38)25(37)23(14-36)44-31/h7,16-18,22-31,36-41H,5-6,8-15H2,1-4H3/t16-,17-,18-,22+,23+,24-,25+,26-,27+,28?,29?,30?,31+,32-,33-,34+,35+/m0/s1. The summed E-state index contributed by atoms with van der Waals surface area (Å²) in [6.07, 6.45) is 1.20. The van der Waals surface area contributed by atoms with Crippen LogP contribution in [-0.2, 0) is 23.7 Å². The van der Waals surface area contributed by atoms with Gasteiger partial charge in [-0.2, -0.15) is 0 Å². The summed E-state index contributed by atoms with van der Waals surface area (Å²) in [5.74, 6) is -1.05. The predicted molar refractivity (Wildman–Crippen MR) is 162 cm³/mol. The topological polar surface area (TPSA) is 168 Å². The van der Waals surface area contributed by atoms with E-state index >= 15 is 0 Å². The van der Waals surface area contributed by atoms with Crippen molar-refractivity contribution in [2.45, 2.75) is 146 Å². The quantitative estimate of drug-likeness (QED) is 0.262. The van der Waals surface area contributed by atoms with Crippen molar-refractivity contribution >= 4 is 0 Å². The van der Waals surface area contributed by atoms with Crippen LogP contribution in [0.25, 0.3) is 0 Å². The summed E-state index contributed by atoms with van der Waals surface area (Å²) in [6, 6.07) is 0. The molecule has 6 N–H and O–H groups in total. The van der Waals surface area contributed by atoms with Gasteiger partial charge in [0.2, 0.25) is 0 Å². The Morgan fingerprint density at radius 1 is 0.957 bits per heavy atom. The zero-order chi connectivity index (χ0) is 32.6. The molecule has 4 aliphatic heterocycles. The molecule has 1 saturated carbocycles. The molecule has 4 saturated heterocycles. The summed E-state index contributed by atoms with van der Waals surface area (Å²) in [5.41, 5.74) is 3.05. The number of hydrogen-bond acceptors (Lipinski definition) is 11. The minimum atomic E-state index is -1.44. The van der Waals surface area contributed by atoms with Crippen LogP contribution in [0.15, 0.2) is 22.8 Å². The SMILES string of the molecule is C[C@H]1CO[C@]2(C)OC3C(OC(O)[C@H]3[C@H]3CC=C4C5=C(CC[C@@]43C)[C@@]3(C)CC[C@H](O[C@@H]4O[C@H](CO)[C@@H](O)[C@H](O)[C@H]4O)C[C@@H]3CC5)[C@]12O. The van der Waals surface area contributed by atoms with Gasteiger partial charge in [-0.3, -0.25) is 0 Å². The van der Waals surface area contributed by atoms with Crippen molar-refractivity contribution in [1.82, 2.24) is 0 Å². The van der Waals surface area contributed by atoms with Gasteiger partial charge < -0.3 is 54.3 Å². The van der Waals surface area contributed by atoms with Gasteiger partial charge in [-0.05, 0) is 92.1 Å². The van der Waals surface area contributed by atoms with Gasteiger partial charge in [0.05, 0.1) is 25.4 Å². The van der Waals surface area contributed by atoms with Crippen molar-refractivity contribution in [3.05, 3.63) is 22.8 Å². The van der Waals surface area contributed by atoms with E-state index in [0.717, 1.165) is 51.4 Å². The maximum Gasteiger partial charge on any atom is 0.197 e. The number of hydrogen-bond donors (Lipinski definition) is 6. The fourth-order valence-corrected chi connectivity index (χ4v) is 11.4. The number of ether oxygens (including phenoxy) is 5. The van der Waals surface area contributed by atoms with Crippen LogP contribution in [0, 0.1) is 34.5 Å². The highest BCUT2D eigenvalue weighted by Crippen LogP contribution is 2.66. The van der Waals surface area contributed by atoms with Crippen LogP contribution in [0.4, 0.5) is 0 Å². The Kier molecular flexibility index (Phi) is 7.55. The van der Waals surface area contributed by atoms with Gasteiger partial charge in [0, 0.05) is 11.8 Å². The second-order valence-electron chi connectivity index (χ2n) is 16.3. The van der Waals surface area contributed by atoms with Crippen LogP contribution < -0.4 is 0 Å². The highest BCUT2D eigenvalue weighted by atomic mass is 16.8. The molecule has 0 aromatic rings. The Morgan fingerprint density at radius 2 is 1.74 bits per heavy atom. The number of aliphatic hydroxyl groups is 6. The van der Waals surface area contributed by atoms with E-state index in [9.17, 15) is 30.6 Å². The molecule has 0 aromatic carbocycles. The fraction of sp³-hybridized carbons (Fsp3) is 0.886. The Hall–Kier alpha value is -0.960. The van der Waals surface area contributed by atoms with Gasteiger partial charge >= 0.3 is 0 Å². The molecule has 11 heteroatoms. The molecular weight excluding hydrogens is 596 g/mol. The van der Waals surface area contributed by atoms with Crippen LogP contribution in [0.5, 0.6) is 0 Å². The fourth-order valence-electron chi connectivity index (χ4n) is 11.4. The molecule has 4 aliphatic carbocycles. The molecule has 11 nitrogen and oxygen atoms in total. The largest absolute Gasteiger partial charge is 0.394 e. The molecule has 5 fully saturated rings. The minimum Gasteiger partial charge on any atom is -0.394 e. The Morgan fingerprint density at radius 3 is 2.50 bits per heavy atom. The van der Waals surface area contributed by atoms with E-state index in [1.54, 1.807) is 5.57 Å². The third-order valence-corrected chi connectivity index (χ3v) is 14.3. The minimum absolute atomic E-state index is 0.0293. The van der Waals surface area contributed by atoms with Crippen molar-refractivity contribution in [2.24, 2.45) is 34.5 Å². The van der Waals surface area contributed by atoms with Gasteiger partial charge in [-0.15, -0.1) is 0 Å². The molecule has 0 bridgehead atoms. The summed E-state index contributed by atoms with van der Waals surface area (Å²) in [4.78, 5) is 0. The van der Waals surface area contributed by atoms with Crippen molar-refractivity contribution in [2.75, 3.05) is 13.2 Å². The third-order valence-electron chi connectivity index (χ3n) is 14.3. The average Bonchev–Trinajstić information content (AvgIpc) is 3.67. The van der Waals surface area contributed by atoms with Crippen molar-refractivity contribution in [3.8, 4) is 0 Å². The first-order valence-corrected chi connectivity index (χ1v) is 17.5. The Bertz CT molecular complexity index is 1300. The maximum absolute atomic E-state index is 11.8. The van der Waals surface area contributed by atoms with E-state index in [4.69, 9.17) is 23.7 Å². The molecule has 0 aromatic heterocycles. The van der Waals surface area contributed by atoms with E-state index in [1.165, 1.54) is 11.1 Å². The second-order valence-corrected chi connectivity index (χ2v) is 16.3. The lowest BCUT2D eigenvalue weighted by Gasteiger charge is -2.54. The molecule has 8 aliphatic rings. The van der Waals surface area contributed by atoms with Crippen LogP contribution in [0.1, 0.15) is 79.1 Å². The second kappa shape index (κ2) is 10.8. The molecule has 46 heavy (non-hydrogen) atoms. The van der Waals surface area contributed by atoms with Crippen molar-refractivity contribution < 1.29 is 54.3 Å². The maximum atomic E-state index is 11.8. The van der Waals surface area contributed by atoms with E-state index in [0.29, 0.717) is 12.5 Å². The van der Waals surface area contributed by atoms with Gasteiger partial charge in [0.1, 0.15) is 30.5 Å². The van der Waals surface area contributed by atoms with E-state index in [2.05, 4.69) is 19.9 Å². The first-order chi connectivity index (χ1) is 21.8. The highest BCUT2D eigenvalue weighted by Gasteiger charge is 2.75. The first kappa shape index (κ1) is 32.3. The van der Waals surface area contributed by atoms with Gasteiger partial charge in [0.25, 0.3) is 0 Å². The summed E-state index contributed by atoms with van der Waals surface area (Å²) in [7, 11) is 0. The zero-order valence-electron chi connectivity index (χ0n) is 27.4. The number of aliphatic hydroxyl groups excluding tert-OH is 5. The first-order valence-electron chi connectivity index (χ1n) is 17.5. The lowest BCUT2D eigenvalue weighted by atomic mass is 9.51. The molecule has 4 heterocycles. The molecule has 8 rings (SSSR count). The van der Waals surface area contributed by atoms with E-state index in [-0.39, 0.29) is 34.7 Å². The number of rotatable bonds is 4. The Balaban J connectivity index is 0.993. The lowest BCUT2D eigenvalue weighted by Crippen LogP contribution is -2.60. The molecule has 17 atom stereocenters. The van der Waals surface area contributed by atoms with E-state index in [1.807, 2.05) is 13.8 Å². The smallest absolute Gasteiger partial charge is 0.197 e. The highest BCUT2D eigenvalue weighted by molar-refractivity contribution is 5.50. The summed E-state index contributed by atoms with van der Waals surface area (Å²) >= 11 is 0. The number of fused-ring (bicyclic) bond motifs is 7. The normalized spacial score (nSPS) is 57.9. The molecule has 0 amide bonds. The van der Waals surface area contributed by atoms with Crippen LogP contribution >= 0.6 is 0 Å². The molecule has 258 valence electrons. The van der Waals surface area contributed by atoms with Crippen LogP contribution in [0.2, 0.25) is 0 Å². The van der Waals surface area contributed by atoms with Crippen LogP contribution in [0.3, 0.4) is 0 Å². The third kappa shape index (κ3) is 4.17. The lowest BCUT2D eigenvalue weighted by molar-refractivity contribution is -0.315. The molecule has 0 spiro atoms. The average molecular weight is 649 g/mol. The summed E-state index contributed by atoms with van der Waals surface area (Å²) < 4.78 is 30.5. The Labute approximate surface area is 270 Å². The predicted octanol–water partition coefficient (Wildman–Crippen LogP) is 1.66. The van der Waals surface area contributed by atoms with Crippen LogP contribution in [-0.4, -0.2) is 111 Å². The number of allylic oxidation sites excluding steroid dienone is 4. The zero-order valence-corrected chi connectivity index (χ0v) is 27.4. The van der Waals surface area contributed by atoms with Gasteiger partial charge in [-0.25, -0.2) is 0 Å². The van der Waals surface area contributed by atoms with Crippen molar-refractivity contribution in [1.29, 1.82) is 0 Å². The van der Waals surface area contributed by atoms with Crippen molar-refractivity contribution in [3.63, 3.8) is 0 Å². The van der Waals surface area contributed by atoms with E-state index < -0.39 is 67.2 Å². The summed E-state index contributed by atoms with van der Waals surface area (Å²) in [5, 5.41) is 63.7. The molecular formula is C35H52O11. The monoisotopic (exact) mass is 648 g/mol. The molecule has 0 radical (unpaired) electrons. The van der Waals surface area contributed by atoms with Gasteiger partial charge in [0.15, 0.2) is 24.0 Å². The summed E-state index contributed by atoms with van der Waals surface area (Å²) in [6.45, 7) is 8.44. The van der Waals surface area contributed by atoms with Gasteiger partial charge in [-0.1, -0.05) is 32.4 Å². The molecule has 3 unspecified atom stereocenters.